The second kappa shape index (κ2) is 9.31. The number of para-hydroxylation sites is 1. The van der Waals surface area contributed by atoms with E-state index >= 15 is 0 Å². The predicted molar refractivity (Wildman–Crippen MR) is 111 cm³/mol. The quantitative estimate of drug-likeness (QED) is 0.541. The van der Waals surface area contributed by atoms with E-state index in [1.165, 1.54) is 19.2 Å². The topological polar surface area (TPSA) is 81.7 Å². The lowest BCUT2D eigenvalue weighted by Crippen LogP contribution is -2.23. The predicted octanol–water partition coefficient (Wildman–Crippen LogP) is 4.82. The minimum absolute atomic E-state index is 0.00681. The summed E-state index contributed by atoms with van der Waals surface area (Å²) in [5.41, 5.74) is -4.68. The first-order chi connectivity index (χ1) is 15.1. The number of methoxy groups -OCH3 is 1. The van der Waals surface area contributed by atoms with Gasteiger partial charge in [-0.2, -0.15) is 13.2 Å². The number of sulfone groups is 1. The van der Waals surface area contributed by atoms with Crippen LogP contribution in [0.25, 0.3) is 0 Å². The molecule has 0 spiro atoms. The number of rotatable bonds is 7. The number of carbonyl (C=O) groups excluding carboxylic acids is 1. The van der Waals surface area contributed by atoms with Crippen LogP contribution in [0.5, 0.6) is 11.5 Å². The number of amides is 1. The molecule has 0 aliphatic rings. The van der Waals surface area contributed by atoms with E-state index in [0.717, 1.165) is 17.7 Å². The van der Waals surface area contributed by atoms with Crippen LogP contribution in [0.3, 0.4) is 0 Å². The van der Waals surface area contributed by atoms with Gasteiger partial charge in [-0.1, -0.05) is 30.3 Å². The first-order valence-corrected chi connectivity index (χ1v) is 10.7. The summed E-state index contributed by atoms with van der Waals surface area (Å²) in [6.07, 6.45) is 0. The standard InChI is InChI=1S/C22H18F3NO5S/c1-30-20-12-11-18(32(28,29)22(23,24)25)13-19(20)26-21(27)16-9-7-15(8-10-16)14-31-17-5-3-2-4-6-17/h2-13H,14H2,1H3,(H,26,27). The van der Waals surface area contributed by atoms with Gasteiger partial charge in [-0.05, 0) is 48.0 Å². The third-order valence-corrected chi connectivity index (χ3v) is 5.88. The molecule has 0 aromatic heterocycles. The number of anilines is 1. The van der Waals surface area contributed by atoms with Gasteiger partial charge in [0.25, 0.3) is 15.7 Å². The van der Waals surface area contributed by atoms with Crippen molar-refractivity contribution in [1.29, 1.82) is 0 Å². The molecule has 0 aliphatic heterocycles. The van der Waals surface area contributed by atoms with Gasteiger partial charge in [-0.15, -0.1) is 0 Å². The van der Waals surface area contributed by atoms with Crippen LogP contribution in [-0.4, -0.2) is 26.9 Å². The van der Waals surface area contributed by atoms with Gasteiger partial charge >= 0.3 is 5.51 Å². The molecular formula is C22H18F3NO5S. The summed E-state index contributed by atoms with van der Waals surface area (Å²) < 4.78 is 72.6. The Morgan fingerprint density at radius 3 is 2.22 bits per heavy atom. The van der Waals surface area contributed by atoms with E-state index in [4.69, 9.17) is 9.47 Å². The van der Waals surface area contributed by atoms with Crippen LogP contribution in [0, 0.1) is 0 Å². The lowest BCUT2D eigenvalue weighted by molar-refractivity contribution is -0.0436. The van der Waals surface area contributed by atoms with Crippen molar-refractivity contribution in [3.63, 3.8) is 0 Å². The minimum Gasteiger partial charge on any atom is -0.495 e. The lowest BCUT2D eigenvalue weighted by atomic mass is 10.1. The van der Waals surface area contributed by atoms with Crippen molar-refractivity contribution < 1.29 is 35.9 Å². The summed E-state index contributed by atoms with van der Waals surface area (Å²) in [5.74, 6) is 0.0443. The normalized spacial score (nSPS) is 11.6. The Morgan fingerprint density at radius 2 is 1.62 bits per heavy atom. The summed E-state index contributed by atoms with van der Waals surface area (Å²) in [4.78, 5) is 11.6. The second-order valence-corrected chi connectivity index (χ2v) is 8.51. The third kappa shape index (κ3) is 5.20. The van der Waals surface area contributed by atoms with E-state index in [2.05, 4.69) is 5.32 Å². The zero-order valence-corrected chi connectivity index (χ0v) is 17.5. The van der Waals surface area contributed by atoms with Crippen LogP contribution in [0.1, 0.15) is 15.9 Å². The maximum absolute atomic E-state index is 12.9. The Kier molecular flexibility index (Phi) is 6.73. The maximum Gasteiger partial charge on any atom is 0.501 e. The molecule has 3 aromatic carbocycles. The van der Waals surface area contributed by atoms with Gasteiger partial charge in [0.1, 0.15) is 18.1 Å². The second-order valence-electron chi connectivity index (χ2n) is 6.56. The van der Waals surface area contributed by atoms with Crippen LogP contribution in [-0.2, 0) is 16.4 Å². The maximum atomic E-state index is 12.9. The summed E-state index contributed by atoms with van der Waals surface area (Å²) in [5, 5.41) is 2.39. The SMILES string of the molecule is COc1ccc(S(=O)(=O)C(F)(F)F)cc1NC(=O)c1ccc(COc2ccccc2)cc1. The van der Waals surface area contributed by atoms with Gasteiger partial charge in [0.2, 0.25) is 0 Å². The number of hydrogen-bond acceptors (Lipinski definition) is 5. The molecule has 3 aromatic rings. The van der Waals surface area contributed by atoms with Crippen molar-refractivity contribution in [2.45, 2.75) is 17.0 Å². The van der Waals surface area contributed by atoms with Crippen molar-refractivity contribution in [3.05, 3.63) is 83.9 Å². The van der Waals surface area contributed by atoms with Crippen molar-refractivity contribution in [2.75, 3.05) is 12.4 Å². The Balaban J connectivity index is 1.75. The molecule has 0 fully saturated rings. The van der Waals surface area contributed by atoms with E-state index < -0.39 is 26.1 Å². The van der Waals surface area contributed by atoms with Gasteiger partial charge in [0, 0.05) is 5.56 Å². The van der Waals surface area contributed by atoms with Gasteiger partial charge < -0.3 is 14.8 Å². The zero-order chi connectivity index (χ0) is 23.4. The zero-order valence-electron chi connectivity index (χ0n) is 16.7. The van der Waals surface area contributed by atoms with Crippen LogP contribution in [0.15, 0.2) is 77.7 Å². The molecule has 0 unspecified atom stereocenters. The smallest absolute Gasteiger partial charge is 0.495 e. The lowest BCUT2D eigenvalue weighted by Gasteiger charge is -2.14. The molecule has 168 valence electrons. The number of carbonyl (C=O) groups is 1. The molecular weight excluding hydrogens is 447 g/mol. The molecule has 6 nitrogen and oxygen atoms in total. The molecule has 0 radical (unpaired) electrons. The molecule has 0 heterocycles. The molecule has 0 saturated carbocycles. The van der Waals surface area contributed by atoms with Crippen LogP contribution in [0.4, 0.5) is 18.9 Å². The van der Waals surface area contributed by atoms with E-state index in [9.17, 15) is 26.4 Å². The van der Waals surface area contributed by atoms with Crippen LogP contribution in [0.2, 0.25) is 0 Å². The molecule has 32 heavy (non-hydrogen) atoms. The number of ether oxygens (including phenoxy) is 2. The van der Waals surface area contributed by atoms with E-state index in [0.29, 0.717) is 11.8 Å². The summed E-state index contributed by atoms with van der Waals surface area (Å²) in [6, 6.07) is 18.0. The van der Waals surface area contributed by atoms with Gasteiger partial charge in [-0.25, -0.2) is 8.42 Å². The number of benzene rings is 3. The van der Waals surface area contributed by atoms with E-state index in [1.54, 1.807) is 12.1 Å². The van der Waals surface area contributed by atoms with Crippen molar-refractivity contribution in [1.82, 2.24) is 0 Å². The largest absolute Gasteiger partial charge is 0.501 e. The van der Waals surface area contributed by atoms with Crippen molar-refractivity contribution >= 4 is 21.4 Å². The summed E-state index contributed by atoms with van der Waals surface area (Å²) in [7, 11) is -4.34. The van der Waals surface area contributed by atoms with Crippen LogP contribution < -0.4 is 14.8 Å². The summed E-state index contributed by atoms with van der Waals surface area (Å²) >= 11 is 0. The molecule has 1 amide bonds. The number of nitrogens with one attached hydrogen (secondary N) is 1. The molecule has 0 aliphatic carbocycles. The van der Waals surface area contributed by atoms with E-state index in [-0.39, 0.29) is 23.6 Å². The Bertz CT molecular complexity index is 1190. The highest BCUT2D eigenvalue weighted by Crippen LogP contribution is 2.34. The average molecular weight is 465 g/mol. The fourth-order valence-electron chi connectivity index (χ4n) is 2.72. The minimum atomic E-state index is -5.58. The number of halogens is 3. The van der Waals surface area contributed by atoms with Gasteiger partial charge in [-0.3, -0.25) is 4.79 Å². The Labute approximate surface area is 182 Å². The van der Waals surface area contributed by atoms with Crippen LogP contribution >= 0.6 is 0 Å². The first kappa shape index (κ1) is 23.1. The first-order valence-electron chi connectivity index (χ1n) is 9.19. The average Bonchev–Trinajstić information content (AvgIpc) is 2.78. The highest BCUT2D eigenvalue weighted by molar-refractivity contribution is 7.92. The number of alkyl halides is 3. The van der Waals surface area contributed by atoms with Gasteiger partial charge in [0.05, 0.1) is 17.7 Å². The van der Waals surface area contributed by atoms with Gasteiger partial charge in [0.15, 0.2) is 0 Å². The Morgan fingerprint density at radius 1 is 0.969 bits per heavy atom. The van der Waals surface area contributed by atoms with Crippen molar-refractivity contribution in [3.8, 4) is 11.5 Å². The van der Waals surface area contributed by atoms with E-state index in [1.807, 2.05) is 30.3 Å². The molecule has 0 bridgehead atoms. The molecule has 0 atom stereocenters. The highest BCUT2D eigenvalue weighted by Gasteiger charge is 2.47. The molecule has 1 N–H and O–H groups in total. The third-order valence-electron chi connectivity index (χ3n) is 4.40. The molecule has 10 heteroatoms. The van der Waals surface area contributed by atoms with Crippen molar-refractivity contribution in [2.24, 2.45) is 0 Å². The molecule has 3 rings (SSSR count). The number of hydrogen-bond donors (Lipinski definition) is 1. The Hall–Kier alpha value is -3.53. The fourth-order valence-corrected chi connectivity index (χ4v) is 3.50. The summed E-state index contributed by atoms with van der Waals surface area (Å²) in [6.45, 7) is 0.275. The highest BCUT2D eigenvalue weighted by atomic mass is 32.2. The molecule has 0 saturated heterocycles. The fraction of sp³-hybridized carbons (Fsp3) is 0.136. The monoisotopic (exact) mass is 465 g/mol.